The summed E-state index contributed by atoms with van der Waals surface area (Å²) in [4.78, 5) is 10.7. The molecule has 2 aromatic rings. The zero-order valence-corrected chi connectivity index (χ0v) is 14.0. The highest BCUT2D eigenvalue weighted by molar-refractivity contribution is 7.88. The first-order chi connectivity index (χ1) is 11.5. The lowest BCUT2D eigenvalue weighted by molar-refractivity contribution is 0.578. The molecular weight excluding hydrogens is 331 g/mol. The Bertz CT molecular complexity index is 790. The highest BCUT2D eigenvalue weighted by Gasteiger charge is 2.15. The lowest BCUT2D eigenvalue weighted by atomic mass is 10.2. The number of anilines is 1. The van der Waals surface area contributed by atoms with E-state index >= 15 is 0 Å². The average molecular weight is 350 g/mol. The van der Waals surface area contributed by atoms with Gasteiger partial charge in [0, 0.05) is 19.3 Å². The molecule has 24 heavy (non-hydrogen) atoms. The molecule has 1 aromatic carbocycles. The third kappa shape index (κ3) is 4.48. The summed E-state index contributed by atoms with van der Waals surface area (Å²) in [5.41, 5.74) is 0.524. The molecule has 1 aliphatic rings. The molecule has 1 fully saturated rings. The lowest BCUT2D eigenvalue weighted by Gasteiger charge is -2.16. The Labute approximate surface area is 140 Å². The van der Waals surface area contributed by atoms with Crippen molar-refractivity contribution in [1.29, 1.82) is 0 Å². The summed E-state index contributed by atoms with van der Waals surface area (Å²) in [6.45, 7) is 1.96. The van der Waals surface area contributed by atoms with Crippen LogP contribution in [0.1, 0.15) is 24.2 Å². The van der Waals surface area contributed by atoms with Crippen molar-refractivity contribution in [2.75, 3.05) is 18.0 Å². The van der Waals surface area contributed by atoms with E-state index in [0.717, 1.165) is 31.7 Å². The van der Waals surface area contributed by atoms with Crippen LogP contribution in [0.15, 0.2) is 36.5 Å². The van der Waals surface area contributed by atoms with Gasteiger partial charge in [0.05, 0.1) is 12.3 Å². The number of halogens is 1. The third-order valence-electron chi connectivity index (χ3n) is 3.84. The van der Waals surface area contributed by atoms with Gasteiger partial charge < -0.3 is 4.90 Å². The summed E-state index contributed by atoms with van der Waals surface area (Å²) >= 11 is 0. The third-order valence-corrected chi connectivity index (χ3v) is 5.14. The molecule has 1 saturated heterocycles. The molecule has 8 heteroatoms. The standard InChI is InChI=1S/C16H19FN4O2S/c17-14-5-3-13(4-6-14)12-24(22,23)19-11-15-18-8-7-16(20-15)21-9-1-2-10-21/h3-8,19H,1-2,9-12H2. The van der Waals surface area contributed by atoms with Crippen LogP contribution in [0.5, 0.6) is 0 Å². The van der Waals surface area contributed by atoms with Crippen molar-refractivity contribution >= 4 is 15.8 Å². The van der Waals surface area contributed by atoms with Crippen molar-refractivity contribution in [1.82, 2.24) is 14.7 Å². The minimum absolute atomic E-state index is 0.0329. The van der Waals surface area contributed by atoms with Crippen LogP contribution in [0.3, 0.4) is 0 Å². The molecule has 0 bridgehead atoms. The van der Waals surface area contributed by atoms with E-state index in [-0.39, 0.29) is 12.3 Å². The van der Waals surface area contributed by atoms with Crippen molar-refractivity contribution in [2.24, 2.45) is 0 Å². The molecule has 6 nitrogen and oxygen atoms in total. The summed E-state index contributed by atoms with van der Waals surface area (Å²) in [5.74, 6) is 0.660. The molecule has 2 heterocycles. The molecule has 0 unspecified atom stereocenters. The molecule has 3 rings (SSSR count). The highest BCUT2D eigenvalue weighted by Crippen LogP contribution is 2.17. The van der Waals surface area contributed by atoms with Gasteiger partial charge in [-0.2, -0.15) is 0 Å². The van der Waals surface area contributed by atoms with E-state index in [4.69, 9.17) is 0 Å². The summed E-state index contributed by atoms with van der Waals surface area (Å²) in [6, 6.07) is 7.24. The maximum Gasteiger partial charge on any atom is 0.216 e. The van der Waals surface area contributed by atoms with E-state index in [1.54, 1.807) is 6.20 Å². The van der Waals surface area contributed by atoms with Crippen LogP contribution >= 0.6 is 0 Å². The zero-order valence-electron chi connectivity index (χ0n) is 13.2. The molecule has 0 radical (unpaired) electrons. The van der Waals surface area contributed by atoms with Crippen LogP contribution in [-0.2, 0) is 22.3 Å². The zero-order chi connectivity index (χ0) is 17.0. The molecule has 0 aliphatic carbocycles. The molecular formula is C16H19FN4O2S. The largest absolute Gasteiger partial charge is 0.357 e. The second-order valence-corrected chi connectivity index (χ2v) is 7.54. The Morgan fingerprint density at radius 3 is 2.54 bits per heavy atom. The Kier molecular flexibility index (Phi) is 5.06. The average Bonchev–Trinajstić information content (AvgIpc) is 3.10. The first-order valence-electron chi connectivity index (χ1n) is 7.80. The number of rotatable bonds is 6. The number of hydrogen-bond acceptors (Lipinski definition) is 5. The number of hydrogen-bond donors (Lipinski definition) is 1. The maximum absolute atomic E-state index is 12.9. The van der Waals surface area contributed by atoms with Crippen LogP contribution in [0.2, 0.25) is 0 Å². The second kappa shape index (κ2) is 7.23. The minimum atomic E-state index is -3.54. The van der Waals surface area contributed by atoms with Crippen molar-refractivity contribution in [3.63, 3.8) is 0 Å². The van der Waals surface area contributed by atoms with Gasteiger partial charge >= 0.3 is 0 Å². The fourth-order valence-electron chi connectivity index (χ4n) is 2.62. The molecule has 0 saturated carbocycles. The monoisotopic (exact) mass is 350 g/mol. The molecule has 1 aromatic heterocycles. The van der Waals surface area contributed by atoms with E-state index < -0.39 is 15.8 Å². The van der Waals surface area contributed by atoms with Gasteiger partial charge in [0.25, 0.3) is 0 Å². The van der Waals surface area contributed by atoms with E-state index in [9.17, 15) is 12.8 Å². The summed E-state index contributed by atoms with van der Waals surface area (Å²) < 4.78 is 39.6. The minimum Gasteiger partial charge on any atom is -0.357 e. The van der Waals surface area contributed by atoms with Gasteiger partial charge in [-0.3, -0.25) is 0 Å². The molecule has 1 N–H and O–H groups in total. The number of nitrogens with one attached hydrogen (secondary N) is 1. The van der Waals surface area contributed by atoms with Crippen molar-refractivity contribution in [3.05, 3.63) is 53.7 Å². The van der Waals surface area contributed by atoms with Crippen LogP contribution in [0.4, 0.5) is 10.2 Å². The van der Waals surface area contributed by atoms with E-state index in [1.165, 1.54) is 24.3 Å². The maximum atomic E-state index is 12.9. The Hall–Kier alpha value is -2.06. The lowest BCUT2D eigenvalue weighted by Crippen LogP contribution is -2.26. The van der Waals surface area contributed by atoms with Crippen molar-refractivity contribution in [3.8, 4) is 0 Å². The number of aromatic nitrogens is 2. The van der Waals surface area contributed by atoms with Gasteiger partial charge in [0.2, 0.25) is 10.0 Å². The molecule has 0 spiro atoms. The predicted octanol–water partition coefficient (Wildman–Crippen LogP) is 1.84. The van der Waals surface area contributed by atoms with Crippen LogP contribution in [-0.4, -0.2) is 31.5 Å². The number of benzene rings is 1. The van der Waals surface area contributed by atoms with Crippen LogP contribution in [0.25, 0.3) is 0 Å². The first-order valence-corrected chi connectivity index (χ1v) is 9.46. The Morgan fingerprint density at radius 2 is 1.83 bits per heavy atom. The smallest absolute Gasteiger partial charge is 0.216 e. The van der Waals surface area contributed by atoms with E-state index in [1.807, 2.05) is 6.07 Å². The topological polar surface area (TPSA) is 75.2 Å². The SMILES string of the molecule is O=S(=O)(Cc1ccc(F)cc1)NCc1nccc(N2CCCC2)n1. The van der Waals surface area contributed by atoms with E-state index in [0.29, 0.717) is 11.4 Å². The van der Waals surface area contributed by atoms with Crippen LogP contribution in [0, 0.1) is 5.82 Å². The predicted molar refractivity (Wildman–Crippen MR) is 89.3 cm³/mol. The van der Waals surface area contributed by atoms with Crippen molar-refractivity contribution in [2.45, 2.75) is 25.1 Å². The highest BCUT2D eigenvalue weighted by atomic mass is 32.2. The van der Waals surface area contributed by atoms with Gasteiger partial charge in [-0.15, -0.1) is 0 Å². The van der Waals surface area contributed by atoms with Gasteiger partial charge in [0.15, 0.2) is 0 Å². The van der Waals surface area contributed by atoms with Gasteiger partial charge in [0.1, 0.15) is 17.5 Å². The number of sulfonamides is 1. The van der Waals surface area contributed by atoms with Crippen LogP contribution < -0.4 is 9.62 Å². The van der Waals surface area contributed by atoms with E-state index in [2.05, 4.69) is 19.6 Å². The molecule has 0 amide bonds. The van der Waals surface area contributed by atoms with Crippen molar-refractivity contribution < 1.29 is 12.8 Å². The fraction of sp³-hybridized carbons (Fsp3) is 0.375. The summed E-state index contributed by atoms with van der Waals surface area (Å²) in [7, 11) is -3.54. The van der Waals surface area contributed by atoms with Gasteiger partial charge in [-0.25, -0.2) is 27.5 Å². The van der Waals surface area contributed by atoms with Gasteiger partial charge in [-0.1, -0.05) is 12.1 Å². The fourth-order valence-corrected chi connectivity index (χ4v) is 3.70. The molecule has 128 valence electrons. The number of nitrogens with zero attached hydrogens (tertiary/aromatic N) is 3. The van der Waals surface area contributed by atoms with Gasteiger partial charge in [-0.05, 0) is 36.6 Å². The summed E-state index contributed by atoms with van der Waals surface area (Å²) in [5, 5.41) is 0. The Balaban J connectivity index is 1.61. The Morgan fingerprint density at radius 1 is 1.12 bits per heavy atom. The quantitative estimate of drug-likeness (QED) is 0.860. The second-order valence-electron chi connectivity index (χ2n) is 5.73. The first kappa shape index (κ1) is 16.8. The molecule has 0 atom stereocenters. The summed E-state index contributed by atoms with van der Waals surface area (Å²) in [6.07, 6.45) is 3.93. The molecule has 1 aliphatic heterocycles. The normalized spacial score (nSPS) is 15.0.